The lowest BCUT2D eigenvalue weighted by Gasteiger charge is -2.13. The number of hydrogen-bond donors (Lipinski definition) is 2. The van der Waals surface area contributed by atoms with Crippen molar-refractivity contribution in [3.05, 3.63) is 98.1 Å². The summed E-state index contributed by atoms with van der Waals surface area (Å²) in [5, 5.41) is 6.86. The van der Waals surface area contributed by atoms with Crippen LogP contribution < -0.4 is 15.4 Å². The summed E-state index contributed by atoms with van der Waals surface area (Å²) < 4.78 is 18.8. The summed E-state index contributed by atoms with van der Waals surface area (Å²) in [7, 11) is 0. The first kappa shape index (κ1) is 23.5. The Balaban J connectivity index is 1.43. The monoisotopic (exact) mass is 502 g/mol. The Kier molecular flexibility index (Phi) is 7.48. The van der Waals surface area contributed by atoms with Crippen molar-refractivity contribution >= 4 is 52.6 Å². The molecule has 0 radical (unpaired) electrons. The van der Waals surface area contributed by atoms with Crippen molar-refractivity contribution in [3.8, 4) is 5.75 Å². The molecule has 0 aliphatic carbocycles. The number of carbonyl (C=O) groups excluding carboxylic acids is 1. The molecule has 4 rings (SSSR count). The molecule has 3 aromatic rings. The quantitative estimate of drug-likeness (QED) is 0.346. The minimum atomic E-state index is -0.312. The molecular formula is C25H21Cl2FN2O2S. The minimum absolute atomic E-state index is 0.174. The third-order valence-electron chi connectivity index (χ3n) is 5.01. The largest absolute Gasteiger partial charge is 0.486 e. The van der Waals surface area contributed by atoms with Gasteiger partial charge in [0.15, 0.2) is 11.2 Å². The van der Waals surface area contributed by atoms with Crippen molar-refractivity contribution in [3.63, 3.8) is 0 Å². The maximum absolute atomic E-state index is 13.1. The van der Waals surface area contributed by atoms with Gasteiger partial charge in [0.05, 0.1) is 15.0 Å². The number of carbonyl (C=O) groups is 1. The van der Waals surface area contributed by atoms with Crippen LogP contribution in [0, 0.1) is 5.82 Å². The first-order valence-corrected chi connectivity index (χ1v) is 12.0. The molecule has 4 nitrogen and oxygen atoms in total. The molecule has 8 heteroatoms. The fourth-order valence-electron chi connectivity index (χ4n) is 3.24. The zero-order valence-electron chi connectivity index (χ0n) is 17.7. The molecule has 1 aliphatic heterocycles. The number of thioether (sulfide) groups is 1. The third-order valence-corrected chi connectivity index (χ3v) is 6.60. The minimum Gasteiger partial charge on any atom is -0.486 e. The van der Waals surface area contributed by atoms with Crippen LogP contribution in [0.4, 0.5) is 10.1 Å². The van der Waals surface area contributed by atoms with Gasteiger partial charge in [0, 0.05) is 5.69 Å². The summed E-state index contributed by atoms with van der Waals surface area (Å²) in [4.78, 5) is 13.0. The Hall–Kier alpha value is -2.67. The predicted molar refractivity (Wildman–Crippen MR) is 134 cm³/mol. The van der Waals surface area contributed by atoms with Gasteiger partial charge in [-0.25, -0.2) is 4.39 Å². The number of halogens is 3. The van der Waals surface area contributed by atoms with Crippen molar-refractivity contribution in [1.82, 2.24) is 5.32 Å². The first-order chi connectivity index (χ1) is 15.9. The Bertz CT molecular complexity index is 1160. The maximum Gasteiger partial charge on any atom is 0.260 e. The van der Waals surface area contributed by atoms with Crippen LogP contribution in [0.25, 0.3) is 6.08 Å². The zero-order chi connectivity index (χ0) is 23.4. The highest BCUT2D eigenvalue weighted by Gasteiger charge is 2.27. The average molecular weight is 503 g/mol. The van der Waals surface area contributed by atoms with Crippen molar-refractivity contribution in [2.45, 2.75) is 25.4 Å². The van der Waals surface area contributed by atoms with Crippen LogP contribution >= 0.6 is 35.0 Å². The summed E-state index contributed by atoms with van der Waals surface area (Å²) in [6, 6.07) is 17.5. The Morgan fingerprint density at radius 1 is 1.06 bits per heavy atom. The van der Waals surface area contributed by atoms with E-state index in [1.165, 1.54) is 29.5 Å². The molecule has 1 aliphatic rings. The molecule has 1 fully saturated rings. The molecule has 0 saturated carbocycles. The molecule has 0 aromatic heterocycles. The molecular weight excluding hydrogens is 482 g/mol. The Labute approximate surface area is 206 Å². The fraction of sp³-hybridized carbons (Fsp3) is 0.160. The smallest absolute Gasteiger partial charge is 0.260 e. The van der Waals surface area contributed by atoms with Gasteiger partial charge in [0.25, 0.3) is 5.91 Å². The Morgan fingerprint density at radius 3 is 2.33 bits per heavy atom. The number of nitrogens with one attached hydrogen (secondary N) is 2. The number of benzene rings is 3. The van der Waals surface area contributed by atoms with Crippen molar-refractivity contribution in [1.29, 1.82) is 0 Å². The maximum atomic E-state index is 13.1. The average Bonchev–Trinajstić information content (AvgIpc) is 3.13. The number of amides is 1. The van der Waals surface area contributed by atoms with Gasteiger partial charge in [0.2, 0.25) is 0 Å². The highest BCUT2D eigenvalue weighted by atomic mass is 35.5. The number of aryl methyl sites for hydroxylation is 1. The van der Waals surface area contributed by atoms with Crippen LogP contribution in [0.3, 0.4) is 0 Å². The topological polar surface area (TPSA) is 50.4 Å². The second-order valence-corrected chi connectivity index (χ2v) is 9.36. The highest BCUT2D eigenvalue weighted by Crippen LogP contribution is 2.37. The molecule has 0 spiro atoms. The summed E-state index contributed by atoms with van der Waals surface area (Å²) in [6.45, 7) is 2.31. The molecule has 33 heavy (non-hydrogen) atoms. The lowest BCUT2D eigenvalue weighted by Crippen LogP contribution is -2.30. The van der Waals surface area contributed by atoms with Crippen molar-refractivity contribution < 1.29 is 13.9 Å². The molecule has 3 aromatic carbocycles. The van der Waals surface area contributed by atoms with E-state index in [2.05, 4.69) is 29.7 Å². The van der Waals surface area contributed by atoms with Crippen LogP contribution in [-0.4, -0.2) is 11.4 Å². The van der Waals surface area contributed by atoms with Crippen LogP contribution in [0.15, 0.2) is 65.6 Å². The van der Waals surface area contributed by atoms with Crippen LogP contribution in [0.5, 0.6) is 5.75 Å². The van der Waals surface area contributed by atoms with E-state index in [9.17, 15) is 9.18 Å². The van der Waals surface area contributed by atoms with E-state index in [-0.39, 0.29) is 23.8 Å². The van der Waals surface area contributed by atoms with Gasteiger partial charge in [-0.05, 0) is 65.6 Å². The summed E-state index contributed by atoms with van der Waals surface area (Å²) >= 11 is 14.2. The number of ether oxygens (including phenoxy) is 1. The van der Waals surface area contributed by atoms with E-state index in [4.69, 9.17) is 27.9 Å². The standard InChI is InChI=1S/C25H21Cl2FN2O2S/c1-2-15-5-9-19(10-6-15)29-25-30-24(31)22(33-25)13-17-11-20(26)23(21(27)12-17)32-14-16-3-7-18(28)8-4-16/h3-13,25,29H,2,14H2,1H3,(H,30,31)/b22-13-/t25-/m1/s1. The van der Waals surface area contributed by atoms with Crippen molar-refractivity contribution in [2.24, 2.45) is 0 Å². The zero-order valence-corrected chi connectivity index (χ0v) is 20.0. The van der Waals surface area contributed by atoms with Gasteiger partial charge >= 0.3 is 0 Å². The number of anilines is 1. The van der Waals surface area contributed by atoms with E-state index in [1.807, 2.05) is 12.1 Å². The van der Waals surface area contributed by atoms with E-state index >= 15 is 0 Å². The van der Waals surface area contributed by atoms with Gasteiger partial charge in [-0.3, -0.25) is 4.79 Å². The van der Waals surface area contributed by atoms with E-state index in [0.717, 1.165) is 17.7 Å². The van der Waals surface area contributed by atoms with E-state index < -0.39 is 0 Å². The first-order valence-electron chi connectivity index (χ1n) is 10.3. The second kappa shape index (κ2) is 10.5. The molecule has 0 unspecified atom stereocenters. The van der Waals surface area contributed by atoms with Crippen LogP contribution in [-0.2, 0) is 17.8 Å². The Morgan fingerprint density at radius 2 is 1.70 bits per heavy atom. The third kappa shape index (κ3) is 6.02. The van der Waals surface area contributed by atoms with Gasteiger partial charge in [-0.2, -0.15) is 0 Å². The predicted octanol–water partition coefficient (Wildman–Crippen LogP) is 6.87. The molecule has 0 bridgehead atoms. The van der Waals surface area contributed by atoms with E-state index in [1.54, 1.807) is 30.3 Å². The van der Waals surface area contributed by atoms with Gasteiger partial charge < -0.3 is 15.4 Å². The number of hydrogen-bond acceptors (Lipinski definition) is 4. The van der Waals surface area contributed by atoms with Gasteiger partial charge in [-0.1, -0.05) is 66.2 Å². The molecule has 1 saturated heterocycles. The molecule has 1 amide bonds. The summed E-state index contributed by atoms with van der Waals surface area (Å²) in [5.41, 5.74) is 3.38. The van der Waals surface area contributed by atoms with Crippen LogP contribution in [0.2, 0.25) is 10.0 Å². The van der Waals surface area contributed by atoms with Gasteiger partial charge in [-0.15, -0.1) is 0 Å². The SMILES string of the molecule is CCc1ccc(N[C@@H]2NC(=O)/C(=C/c3cc(Cl)c(OCc4ccc(F)cc4)c(Cl)c3)S2)cc1. The molecule has 170 valence electrons. The van der Waals surface area contributed by atoms with Gasteiger partial charge in [0.1, 0.15) is 12.4 Å². The summed E-state index contributed by atoms with van der Waals surface area (Å²) in [6.07, 6.45) is 2.71. The lowest BCUT2D eigenvalue weighted by atomic mass is 10.1. The molecule has 1 atom stereocenters. The van der Waals surface area contributed by atoms with Crippen molar-refractivity contribution in [2.75, 3.05) is 5.32 Å². The summed E-state index contributed by atoms with van der Waals surface area (Å²) in [5.74, 6) is -0.150. The van der Waals surface area contributed by atoms with Crippen LogP contribution in [0.1, 0.15) is 23.6 Å². The second-order valence-electron chi connectivity index (χ2n) is 7.40. The lowest BCUT2D eigenvalue weighted by molar-refractivity contribution is -0.116. The van der Waals surface area contributed by atoms with E-state index in [0.29, 0.717) is 26.3 Å². The normalized spacial score (nSPS) is 16.7. The fourth-order valence-corrected chi connectivity index (χ4v) is 4.84. The molecule has 2 N–H and O–H groups in total. The number of rotatable bonds is 7. The highest BCUT2D eigenvalue weighted by molar-refractivity contribution is 8.05. The molecule has 1 heterocycles.